The molecule has 0 atom stereocenters. The van der Waals surface area contributed by atoms with Crippen LogP contribution in [0, 0.1) is 0 Å². The first-order chi connectivity index (χ1) is 10.7. The number of hydrogen-bond acceptors (Lipinski definition) is 5. The van der Waals surface area contributed by atoms with E-state index in [2.05, 4.69) is 0 Å². The minimum Gasteiger partial charge on any atom is -0.423 e. The zero-order valence-corrected chi connectivity index (χ0v) is 14.2. The highest BCUT2D eigenvalue weighted by Gasteiger charge is 2.30. The molecule has 0 radical (unpaired) electrons. The zero-order chi connectivity index (χ0) is 17.2. The molecule has 0 unspecified atom stereocenters. The first-order valence-corrected chi connectivity index (χ1v) is 10.2. The Kier molecular flexibility index (Phi) is 5.45. The smallest absolute Gasteiger partial charge is 0.423 e. The Morgan fingerprint density at radius 1 is 1.30 bits per heavy atom. The van der Waals surface area contributed by atoms with E-state index < -0.39 is 14.3 Å². The molecule has 0 aromatic heterocycles. The summed E-state index contributed by atoms with van der Waals surface area (Å²) in [5.41, 5.74) is 0.663. The number of amides is 1. The molecule has 1 aliphatic rings. The molecule has 0 bridgehead atoms. The molecule has 2 rings (SSSR count). The molecule has 1 aromatic rings. The molecular weight excluding hydrogens is 316 g/mol. The van der Waals surface area contributed by atoms with Gasteiger partial charge < -0.3 is 19.5 Å². The molecule has 124 valence electrons. The second kappa shape index (κ2) is 6.99. The van der Waals surface area contributed by atoms with Crippen molar-refractivity contribution in [3.63, 3.8) is 0 Å². The van der Waals surface area contributed by atoms with Crippen LogP contribution in [0.1, 0.15) is 33.6 Å². The van der Waals surface area contributed by atoms with Crippen molar-refractivity contribution in [3.05, 3.63) is 29.3 Å². The first-order valence-electron chi connectivity index (χ1n) is 7.53. The van der Waals surface area contributed by atoms with E-state index in [0.29, 0.717) is 37.8 Å². The van der Waals surface area contributed by atoms with E-state index >= 15 is 0 Å². The van der Waals surface area contributed by atoms with Crippen molar-refractivity contribution in [1.82, 2.24) is 4.90 Å². The lowest BCUT2D eigenvalue weighted by atomic mass is 9.76. The van der Waals surface area contributed by atoms with Gasteiger partial charge in [0, 0.05) is 29.9 Å². The summed E-state index contributed by atoms with van der Waals surface area (Å²) in [6, 6.07) is 4.24. The second-order valence-corrected chi connectivity index (χ2v) is 9.89. The minimum absolute atomic E-state index is 0.0770. The lowest BCUT2D eigenvalue weighted by Crippen LogP contribution is -2.40. The summed E-state index contributed by atoms with van der Waals surface area (Å²) < 4.78 is 12.1. The van der Waals surface area contributed by atoms with E-state index in [4.69, 9.17) is 0 Å². The molecule has 0 spiro atoms. The summed E-state index contributed by atoms with van der Waals surface area (Å²) in [5.74, 6) is -0.201. The lowest BCUT2D eigenvalue weighted by molar-refractivity contribution is 0.0725. The third-order valence-electron chi connectivity index (χ3n) is 4.37. The second-order valence-electron chi connectivity index (χ2n) is 6.29. The van der Waals surface area contributed by atoms with E-state index in [1.165, 1.54) is 18.2 Å². The van der Waals surface area contributed by atoms with Gasteiger partial charge in [0.05, 0.1) is 7.14 Å². The maximum absolute atomic E-state index is 12.5. The van der Waals surface area contributed by atoms with Crippen molar-refractivity contribution < 1.29 is 24.2 Å². The van der Waals surface area contributed by atoms with Gasteiger partial charge in [0.2, 0.25) is 0 Å². The van der Waals surface area contributed by atoms with Crippen LogP contribution < -0.4 is 5.46 Å². The third-order valence-corrected chi connectivity index (χ3v) is 6.65. The number of hydrogen-bond donors (Lipinski definition) is 2. The van der Waals surface area contributed by atoms with Crippen molar-refractivity contribution in [1.29, 1.82) is 0 Å². The number of likely N-dealkylation sites (tertiary alicyclic amines) is 1. The van der Waals surface area contributed by atoms with E-state index in [9.17, 15) is 24.2 Å². The molecule has 1 aliphatic heterocycles. The Morgan fingerprint density at radius 3 is 2.39 bits per heavy atom. The number of carbonyl (C=O) groups is 2. The van der Waals surface area contributed by atoms with Gasteiger partial charge in [-0.2, -0.15) is 0 Å². The standard InChI is InChI=1S/C15H21BNO5P/c1-23(2,22)13-5-7-17(8-6-13)15(19)11-3-4-14(16(20)21)12(9-11)10-18/h3-4,9-10,13,20-21H,5-8H2,1-2H3. The van der Waals surface area contributed by atoms with Crippen LogP contribution >= 0.6 is 7.14 Å². The van der Waals surface area contributed by atoms with Crippen LogP contribution in [0.15, 0.2) is 18.2 Å². The molecule has 1 fully saturated rings. The number of carbonyl (C=O) groups excluding carboxylic acids is 2. The van der Waals surface area contributed by atoms with Crippen LogP contribution in [0.5, 0.6) is 0 Å². The van der Waals surface area contributed by atoms with E-state index in [1.807, 2.05) is 0 Å². The van der Waals surface area contributed by atoms with Gasteiger partial charge >= 0.3 is 7.12 Å². The summed E-state index contributed by atoms with van der Waals surface area (Å²) in [4.78, 5) is 25.3. The molecule has 1 amide bonds. The minimum atomic E-state index is -2.14. The predicted molar refractivity (Wildman–Crippen MR) is 90.0 cm³/mol. The van der Waals surface area contributed by atoms with Gasteiger partial charge in [-0.25, -0.2) is 0 Å². The number of piperidine rings is 1. The maximum atomic E-state index is 12.5. The van der Waals surface area contributed by atoms with Crippen molar-refractivity contribution in [2.75, 3.05) is 26.4 Å². The molecule has 8 heteroatoms. The van der Waals surface area contributed by atoms with Crippen LogP contribution in [0.3, 0.4) is 0 Å². The van der Waals surface area contributed by atoms with Crippen molar-refractivity contribution >= 4 is 31.9 Å². The van der Waals surface area contributed by atoms with Crippen molar-refractivity contribution in [3.8, 4) is 0 Å². The molecule has 0 aliphatic carbocycles. The summed E-state index contributed by atoms with van der Waals surface area (Å²) >= 11 is 0. The Bertz CT molecular complexity index is 649. The average Bonchev–Trinajstić information content (AvgIpc) is 2.52. The molecule has 2 N–H and O–H groups in total. The summed E-state index contributed by atoms with van der Waals surface area (Å²) in [6.45, 7) is 4.64. The van der Waals surface area contributed by atoms with Gasteiger partial charge in [-0.15, -0.1) is 0 Å². The van der Waals surface area contributed by atoms with Crippen molar-refractivity contribution in [2.24, 2.45) is 0 Å². The molecular formula is C15H21BNO5P. The lowest BCUT2D eigenvalue weighted by Gasteiger charge is -2.33. The van der Waals surface area contributed by atoms with Crippen LogP contribution in [-0.2, 0) is 4.57 Å². The molecule has 0 saturated carbocycles. The highest BCUT2D eigenvalue weighted by Crippen LogP contribution is 2.47. The Balaban J connectivity index is 2.13. The number of nitrogens with zero attached hydrogens (tertiary/aromatic N) is 1. The first kappa shape index (κ1) is 17.9. The van der Waals surface area contributed by atoms with Gasteiger partial charge in [0.1, 0.15) is 6.29 Å². The highest BCUT2D eigenvalue weighted by molar-refractivity contribution is 7.63. The predicted octanol–water partition coefficient (Wildman–Crippen LogP) is 0.406. The fourth-order valence-electron chi connectivity index (χ4n) is 2.92. The van der Waals surface area contributed by atoms with E-state index in [0.717, 1.165) is 0 Å². The van der Waals surface area contributed by atoms with Gasteiger partial charge in [0.15, 0.2) is 0 Å². The molecule has 1 aromatic carbocycles. The van der Waals surface area contributed by atoms with Gasteiger partial charge in [-0.05, 0) is 43.8 Å². The highest BCUT2D eigenvalue weighted by atomic mass is 31.2. The van der Waals surface area contributed by atoms with Gasteiger partial charge in [-0.3, -0.25) is 9.59 Å². The fraction of sp³-hybridized carbons (Fsp3) is 0.467. The molecule has 6 nitrogen and oxygen atoms in total. The number of benzene rings is 1. The summed E-state index contributed by atoms with van der Waals surface area (Å²) in [7, 11) is -3.89. The normalized spacial score (nSPS) is 16.3. The summed E-state index contributed by atoms with van der Waals surface area (Å²) in [5, 5.41) is 18.4. The molecule has 23 heavy (non-hydrogen) atoms. The van der Waals surface area contributed by atoms with Gasteiger partial charge in [0.25, 0.3) is 5.91 Å². The summed E-state index contributed by atoms with van der Waals surface area (Å²) in [6.07, 6.45) is 1.93. The zero-order valence-electron chi connectivity index (χ0n) is 13.3. The average molecular weight is 337 g/mol. The topological polar surface area (TPSA) is 94.9 Å². The van der Waals surface area contributed by atoms with Crippen LogP contribution in [0.2, 0.25) is 0 Å². The number of rotatable bonds is 4. The van der Waals surface area contributed by atoms with Crippen LogP contribution in [0.25, 0.3) is 0 Å². The van der Waals surface area contributed by atoms with Crippen LogP contribution in [0.4, 0.5) is 0 Å². The van der Waals surface area contributed by atoms with Crippen molar-refractivity contribution in [2.45, 2.75) is 18.5 Å². The largest absolute Gasteiger partial charge is 0.489 e. The fourth-order valence-corrected chi connectivity index (χ4v) is 4.39. The monoisotopic (exact) mass is 337 g/mol. The SMILES string of the molecule is CP(C)(=O)C1CCN(C(=O)c2ccc(B(O)O)c(C=O)c2)CC1. The quantitative estimate of drug-likeness (QED) is 0.471. The molecule has 1 saturated heterocycles. The van der Waals surface area contributed by atoms with Gasteiger partial charge in [-0.1, -0.05) is 6.07 Å². The van der Waals surface area contributed by atoms with Crippen LogP contribution in [-0.4, -0.2) is 66.3 Å². The number of aldehydes is 1. The third kappa shape index (κ3) is 4.11. The Labute approximate surface area is 136 Å². The Morgan fingerprint density at radius 2 is 1.91 bits per heavy atom. The molecule has 1 heterocycles. The van der Waals surface area contributed by atoms with E-state index in [1.54, 1.807) is 18.2 Å². The maximum Gasteiger partial charge on any atom is 0.489 e. The van der Waals surface area contributed by atoms with E-state index in [-0.39, 0.29) is 22.6 Å². The Hall–Kier alpha value is -1.43.